The second kappa shape index (κ2) is 11.8. The van der Waals surface area contributed by atoms with Crippen LogP contribution in [0.25, 0.3) is 11.2 Å². The molecule has 2 aliphatic rings. The summed E-state index contributed by atoms with van der Waals surface area (Å²) in [6.45, 7) is 11.6. The number of hydrogen-bond acceptors (Lipinski definition) is 12. The van der Waals surface area contributed by atoms with Crippen molar-refractivity contribution in [3.63, 3.8) is 0 Å². The Morgan fingerprint density at radius 3 is 2.60 bits per heavy atom. The predicted octanol–water partition coefficient (Wildman–Crippen LogP) is 2.28. The zero-order valence-corrected chi connectivity index (χ0v) is 28.2. The summed E-state index contributed by atoms with van der Waals surface area (Å²) in [6.07, 6.45) is -1.92. The lowest BCUT2D eigenvalue weighted by atomic mass is 9.94. The number of carbonyl (C=O) groups excluding carboxylic acids is 1. The number of nitrogens with one attached hydrogen (secondary N) is 1. The average molecular weight is 695 g/mol. The number of aromatic nitrogens is 4. The number of amides is 1. The van der Waals surface area contributed by atoms with E-state index >= 15 is 0 Å². The molecule has 0 bridgehead atoms. The molecule has 18 heteroatoms. The van der Waals surface area contributed by atoms with E-state index in [4.69, 9.17) is 19.1 Å². The maximum atomic E-state index is 14.8. The molecule has 0 saturated carbocycles. The maximum Gasteiger partial charge on any atom is 0.363 e. The number of aliphatic hydroxyl groups is 2. The van der Waals surface area contributed by atoms with E-state index in [1.165, 1.54) is 35.6 Å². The fourth-order valence-electron chi connectivity index (χ4n) is 5.27. The summed E-state index contributed by atoms with van der Waals surface area (Å²) < 4.78 is 76.3. The molecule has 1 aliphatic heterocycles. The molecule has 14 nitrogen and oxygen atoms in total. The van der Waals surface area contributed by atoms with Crippen LogP contribution in [0.4, 0.5) is 14.6 Å². The molecule has 254 valence electrons. The van der Waals surface area contributed by atoms with Crippen molar-refractivity contribution in [1.29, 1.82) is 0 Å². The molecule has 47 heavy (non-hydrogen) atoms. The van der Waals surface area contributed by atoms with Gasteiger partial charge >= 0.3 is 22.1 Å². The highest BCUT2D eigenvalue weighted by molar-refractivity contribution is 7.85. The van der Waals surface area contributed by atoms with Gasteiger partial charge in [-0.3, -0.25) is 13.5 Å². The fourth-order valence-corrected chi connectivity index (χ4v) is 7.28. The number of anilines is 1. The normalized spacial score (nSPS) is 27.3. The molecule has 1 fully saturated rings. The predicted molar refractivity (Wildman–Crippen MR) is 166 cm³/mol. The molecule has 2 aromatic heterocycles. The molecule has 5 rings (SSSR count). The molecule has 1 aromatic carbocycles. The number of hydrogen-bond donors (Lipinski definition) is 4. The third-order valence-corrected chi connectivity index (χ3v) is 14.4. The van der Waals surface area contributed by atoms with Crippen LogP contribution in [0.15, 0.2) is 36.9 Å². The summed E-state index contributed by atoms with van der Waals surface area (Å²) >= 11 is 0. The average Bonchev–Trinajstić information content (AvgIpc) is 3.58. The largest absolute Gasteiger partial charge is 0.409 e. The van der Waals surface area contributed by atoms with Crippen LogP contribution in [0.2, 0.25) is 18.1 Å². The first-order valence-corrected chi connectivity index (χ1v) is 18.9. The van der Waals surface area contributed by atoms with Crippen molar-refractivity contribution in [3.05, 3.63) is 48.0 Å². The number of halogens is 2. The van der Waals surface area contributed by atoms with E-state index in [-0.39, 0.29) is 16.4 Å². The Morgan fingerprint density at radius 2 is 1.91 bits per heavy atom. The smallest absolute Gasteiger partial charge is 0.363 e. The molecular formula is C29H36F2N6O8SSi. The quantitative estimate of drug-likeness (QED) is 0.208. The Labute approximate surface area is 271 Å². The van der Waals surface area contributed by atoms with Crippen LogP contribution in [0.5, 0.6) is 0 Å². The SMILES string of the molecule is C[C@H]1[C@@H](O[Si](C)(C)C(C)(C)C)[C@H](n2cnc3c(N)ncnc32)O[C@@H]1COS(=O)(=O)NC(=O)C#C[C@]1(O)c2ccccc2[C@H](O)C1(F)F. The highest BCUT2D eigenvalue weighted by Gasteiger charge is 2.65. The summed E-state index contributed by atoms with van der Waals surface area (Å²) in [5, 5.41) is 20.6. The highest BCUT2D eigenvalue weighted by atomic mass is 32.2. The van der Waals surface area contributed by atoms with Crippen molar-refractivity contribution in [2.24, 2.45) is 5.92 Å². The van der Waals surface area contributed by atoms with Crippen LogP contribution in [-0.2, 0) is 34.0 Å². The molecule has 3 aromatic rings. The monoisotopic (exact) mass is 694 g/mol. The third-order valence-electron chi connectivity index (χ3n) is 9.03. The van der Waals surface area contributed by atoms with Crippen LogP contribution in [-0.4, -0.2) is 77.1 Å². The van der Waals surface area contributed by atoms with E-state index in [2.05, 4.69) is 48.8 Å². The van der Waals surface area contributed by atoms with Gasteiger partial charge in [-0.2, -0.15) is 17.2 Å². The van der Waals surface area contributed by atoms with Crippen LogP contribution in [0.1, 0.15) is 51.2 Å². The van der Waals surface area contributed by atoms with Crippen LogP contribution in [0, 0.1) is 17.8 Å². The first-order chi connectivity index (χ1) is 21.7. The number of ether oxygens (including phenoxy) is 1. The summed E-state index contributed by atoms with van der Waals surface area (Å²) in [4.78, 5) is 25.0. The van der Waals surface area contributed by atoms with Crippen molar-refractivity contribution in [1.82, 2.24) is 24.2 Å². The minimum Gasteiger partial charge on any atom is -0.409 e. The Morgan fingerprint density at radius 1 is 1.23 bits per heavy atom. The lowest BCUT2D eigenvalue weighted by Gasteiger charge is -2.40. The highest BCUT2D eigenvalue weighted by Crippen LogP contribution is 2.53. The maximum absolute atomic E-state index is 14.8. The second-order valence-electron chi connectivity index (χ2n) is 13.1. The lowest BCUT2D eigenvalue weighted by molar-refractivity contribution is -0.197. The fraction of sp³-hybridized carbons (Fsp3) is 0.517. The van der Waals surface area contributed by atoms with Gasteiger partial charge in [0.1, 0.15) is 17.9 Å². The molecule has 0 unspecified atom stereocenters. The van der Waals surface area contributed by atoms with Gasteiger partial charge in [-0.05, 0) is 35.5 Å². The Balaban J connectivity index is 1.33. The van der Waals surface area contributed by atoms with Crippen molar-refractivity contribution in [3.8, 4) is 11.8 Å². The number of nitrogen functional groups attached to an aromatic ring is 1. The second-order valence-corrected chi connectivity index (χ2v) is 19.2. The van der Waals surface area contributed by atoms with Gasteiger partial charge < -0.3 is 25.1 Å². The van der Waals surface area contributed by atoms with Gasteiger partial charge in [-0.1, -0.05) is 52.0 Å². The van der Waals surface area contributed by atoms with Gasteiger partial charge in [0.2, 0.25) is 5.60 Å². The van der Waals surface area contributed by atoms with Crippen molar-refractivity contribution < 1.29 is 45.6 Å². The number of carbonyl (C=O) groups is 1. The number of alkyl halides is 2. The first-order valence-electron chi connectivity index (χ1n) is 14.6. The zero-order valence-electron chi connectivity index (χ0n) is 26.4. The van der Waals surface area contributed by atoms with Crippen LogP contribution >= 0.6 is 0 Å². The number of benzene rings is 1. The third kappa shape index (κ3) is 6.12. The number of rotatable bonds is 7. The molecule has 0 radical (unpaired) electrons. The first kappa shape index (κ1) is 34.8. The topological polar surface area (TPSA) is 201 Å². The number of fused-ring (bicyclic) bond motifs is 2. The number of nitrogens with two attached hydrogens (primary N) is 1. The van der Waals surface area contributed by atoms with Crippen molar-refractivity contribution in [2.45, 2.75) is 81.9 Å². The number of imidazole rings is 1. The van der Waals surface area contributed by atoms with E-state index in [1.807, 2.05) is 0 Å². The standard InChI is InChI=1S/C29H36F2N6O8SSi/c1-16-19(44-26(22(16)45-47(5,6)27(2,3)4)37-15-35-21-24(32)33-14-34-25(21)37)13-43-46(41,42)36-20(38)11-12-28(40)18-10-8-7-9-17(18)23(39)29(28,30)31/h7-10,14-16,19,22-23,26,39-40H,13H2,1-6H3,(H,36,38)(H2,32,33,34)/t16-,19-,22-,23+,26-,28+/m1/s1. The molecule has 5 N–H and O–H groups in total. The minimum atomic E-state index is -4.83. The molecular weight excluding hydrogens is 659 g/mol. The van der Waals surface area contributed by atoms with E-state index in [1.54, 1.807) is 23.3 Å². The molecule has 1 saturated heterocycles. The molecule has 3 heterocycles. The van der Waals surface area contributed by atoms with Gasteiger partial charge in [0.05, 0.1) is 25.1 Å². The number of aliphatic hydroxyl groups excluding tert-OH is 1. The van der Waals surface area contributed by atoms with E-state index < -0.39 is 78.7 Å². The summed E-state index contributed by atoms with van der Waals surface area (Å²) in [6, 6.07) is 5.03. The lowest BCUT2D eigenvalue weighted by Crippen LogP contribution is -2.47. The Kier molecular flexibility index (Phi) is 8.75. The van der Waals surface area contributed by atoms with Crippen LogP contribution < -0.4 is 10.5 Å². The van der Waals surface area contributed by atoms with Crippen molar-refractivity contribution >= 4 is 41.5 Å². The summed E-state index contributed by atoms with van der Waals surface area (Å²) in [7, 11) is -7.24. The minimum absolute atomic E-state index is 0.163. The van der Waals surface area contributed by atoms with Gasteiger partial charge in [0, 0.05) is 11.5 Å². The van der Waals surface area contributed by atoms with Gasteiger partial charge in [-0.25, -0.2) is 19.7 Å². The zero-order chi connectivity index (χ0) is 34.7. The van der Waals surface area contributed by atoms with Gasteiger partial charge in [0.15, 0.2) is 26.0 Å². The molecule has 1 aliphatic carbocycles. The Hall–Kier alpha value is -3.57. The molecule has 0 spiro atoms. The number of nitrogens with zero attached hydrogens (tertiary/aromatic N) is 4. The van der Waals surface area contributed by atoms with E-state index in [0.29, 0.717) is 11.2 Å². The van der Waals surface area contributed by atoms with E-state index in [9.17, 15) is 32.2 Å². The van der Waals surface area contributed by atoms with E-state index in [0.717, 1.165) is 6.07 Å². The van der Waals surface area contributed by atoms with Crippen LogP contribution in [0.3, 0.4) is 0 Å². The Bertz CT molecular complexity index is 1870. The molecule has 6 atom stereocenters. The summed E-state index contributed by atoms with van der Waals surface area (Å²) in [5.41, 5.74) is 2.76. The van der Waals surface area contributed by atoms with Gasteiger partial charge in [0.25, 0.3) is 0 Å². The van der Waals surface area contributed by atoms with Gasteiger partial charge in [-0.15, -0.1) is 0 Å². The molecule has 1 amide bonds. The van der Waals surface area contributed by atoms with Crippen molar-refractivity contribution in [2.75, 3.05) is 12.3 Å². The summed E-state index contributed by atoms with van der Waals surface area (Å²) in [5.74, 6) is -2.59.